The van der Waals surface area contributed by atoms with Gasteiger partial charge in [-0.05, 0) is 27.8 Å². The fourth-order valence-corrected chi connectivity index (χ4v) is 12.2. The molecule has 33 heavy (non-hydrogen) atoms. The lowest BCUT2D eigenvalue weighted by Gasteiger charge is -2.44. The number of benzene rings is 2. The van der Waals surface area contributed by atoms with E-state index in [1.165, 1.54) is 0 Å². The molecule has 0 fully saturated rings. The molecule has 2 unspecified atom stereocenters. The van der Waals surface area contributed by atoms with Gasteiger partial charge in [0.1, 0.15) is 11.5 Å². The summed E-state index contributed by atoms with van der Waals surface area (Å²) in [6, 6.07) is 11.4. The van der Waals surface area contributed by atoms with Gasteiger partial charge in [-0.2, -0.15) is 0 Å². The minimum absolute atomic E-state index is 0.0191. The first-order valence-corrected chi connectivity index (χ1v) is 14.8. The molecule has 0 spiro atoms. The Morgan fingerprint density at radius 3 is 1.82 bits per heavy atom. The van der Waals surface area contributed by atoms with Gasteiger partial charge in [-0.3, -0.25) is 0 Å². The largest absolute Gasteiger partial charge is 0.496 e. The fraction of sp³-hybridized carbons (Fsp3) is 0.320. The van der Waals surface area contributed by atoms with Gasteiger partial charge in [0.05, 0.1) is 34.1 Å². The van der Waals surface area contributed by atoms with E-state index in [1.807, 2.05) is 74.9 Å². The SMILES string of the molecule is COc1cccc2c1S(OC(=O)S1(C(C)C)C=C(Cl)c3cccc(OC)c31)(C(C)C)C=C2Cl. The topological polar surface area (TPSA) is 44.8 Å². The number of fused-ring (bicyclic) bond motifs is 2. The van der Waals surface area contributed by atoms with E-state index in [0.29, 0.717) is 21.6 Å². The molecule has 2 aliphatic heterocycles. The molecule has 0 bridgehead atoms. The molecule has 4 rings (SSSR count). The summed E-state index contributed by atoms with van der Waals surface area (Å²) in [5, 5.41) is 4.57. The van der Waals surface area contributed by atoms with E-state index >= 15 is 0 Å². The predicted octanol–water partition coefficient (Wildman–Crippen LogP) is 8.70. The van der Waals surface area contributed by atoms with Crippen molar-refractivity contribution >= 4 is 58.9 Å². The van der Waals surface area contributed by atoms with Crippen LogP contribution >= 0.6 is 43.5 Å². The van der Waals surface area contributed by atoms with Crippen LogP contribution in [0.4, 0.5) is 4.79 Å². The molecule has 0 amide bonds. The van der Waals surface area contributed by atoms with E-state index in [9.17, 15) is 4.79 Å². The second kappa shape index (κ2) is 8.81. The summed E-state index contributed by atoms with van der Waals surface area (Å²) < 4.78 is 18.0. The smallest absolute Gasteiger partial charge is 0.368 e. The molecule has 2 aromatic carbocycles. The number of halogens is 2. The number of carbonyl (C=O) groups excluding carboxylic acids is 1. The Morgan fingerprint density at radius 1 is 0.788 bits per heavy atom. The van der Waals surface area contributed by atoms with Gasteiger partial charge >= 0.3 is 5.30 Å². The zero-order chi connectivity index (χ0) is 24.1. The molecule has 0 N–H and O–H groups in total. The van der Waals surface area contributed by atoms with Crippen molar-refractivity contribution in [2.45, 2.75) is 48.0 Å². The van der Waals surface area contributed by atoms with Gasteiger partial charge in [-0.25, -0.2) is 4.79 Å². The normalized spacial score (nSPS) is 27.1. The lowest BCUT2D eigenvalue weighted by atomic mass is 10.2. The Morgan fingerprint density at radius 2 is 1.30 bits per heavy atom. The number of carbonyl (C=O) groups is 1. The average molecular weight is 528 g/mol. The molecule has 2 heterocycles. The van der Waals surface area contributed by atoms with Crippen molar-refractivity contribution in [1.82, 2.24) is 0 Å². The number of rotatable bonds is 5. The summed E-state index contributed by atoms with van der Waals surface area (Å²) in [5.41, 5.74) is 1.67. The van der Waals surface area contributed by atoms with Crippen LogP contribution in [0.5, 0.6) is 11.5 Å². The number of hydrogen-bond donors (Lipinski definition) is 0. The van der Waals surface area contributed by atoms with Crippen LogP contribution in [0.1, 0.15) is 38.8 Å². The number of ether oxygens (including phenoxy) is 2. The Labute approximate surface area is 208 Å². The summed E-state index contributed by atoms with van der Waals surface area (Å²) in [4.78, 5) is 16.0. The summed E-state index contributed by atoms with van der Waals surface area (Å²) >= 11 is 13.4. The predicted molar refractivity (Wildman–Crippen MR) is 142 cm³/mol. The van der Waals surface area contributed by atoms with Gasteiger partial charge < -0.3 is 13.7 Å². The van der Waals surface area contributed by atoms with E-state index in [4.69, 9.17) is 36.9 Å². The van der Waals surface area contributed by atoms with Gasteiger partial charge in [0.25, 0.3) is 0 Å². The van der Waals surface area contributed by atoms with E-state index in [0.717, 1.165) is 20.9 Å². The highest BCUT2D eigenvalue weighted by Crippen LogP contribution is 2.77. The monoisotopic (exact) mass is 526 g/mol. The second-order valence-corrected chi connectivity index (χ2v) is 15.6. The third kappa shape index (κ3) is 3.49. The van der Waals surface area contributed by atoms with Crippen LogP contribution in [0.2, 0.25) is 0 Å². The van der Waals surface area contributed by atoms with Crippen LogP contribution in [0, 0.1) is 0 Å². The molecule has 2 atom stereocenters. The molecule has 0 saturated carbocycles. The molecule has 0 saturated heterocycles. The highest BCUT2D eigenvalue weighted by molar-refractivity contribution is 8.48. The third-order valence-corrected chi connectivity index (χ3v) is 14.4. The zero-order valence-electron chi connectivity index (χ0n) is 19.5. The highest BCUT2D eigenvalue weighted by atomic mass is 35.5. The first-order chi connectivity index (χ1) is 15.6. The van der Waals surface area contributed by atoms with Gasteiger partial charge in [0.15, 0.2) is 0 Å². The highest BCUT2D eigenvalue weighted by Gasteiger charge is 2.50. The van der Waals surface area contributed by atoms with Crippen molar-refractivity contribution < 1.29 is 18.5 Å². The Balaban J connectivity index is 1.92. The molecular formula is C25H28Cl2O4S2. The Hall–Kier alpha value is -1.73. The molecule has 2 aromatic rings. The van der Waals surface area contributed by atoms with E-state index < -0.39 is 20.3 Å². The molecule has 2 aliphatic rings. The quantitative estimate of drug-likeness (QED) is 0.390. The molecular weight excluding hydrogens is 499 g/mol. The molecule has 0 aliphatic carbocycles. The van der Waals surface area contributed by atoms with Crippen LogP contribution in [0.25, 0.3) is 10.1 Å². The zero-order valence-corrected chi connectivity index (χ0v) is 22.6. The lowest BCUT2D eigenvalue weighted by molar-refractivity contribution is 0.231. The van der Waals surface area contributed by atoms with E-state index in [1.54, 1.807) is 14.2 Å². The van der Waals surface area contributed by atoms with Crippen molar-refractivity contribution in [3.63, 3.8) is 0 Å². The first kappa shape index (κ1) is 24.4. The maximum atomic E-state index is 14.3. The minimum atomic E-state index is -2.28. The van der Waals surface area contributed by atoms with Crippen molar-refractivity contribution in [2.24, 2.45) is 0 Å². The van der Waals surface area contributed by atoms with Crippen LogP contribution < -0.4 is 9.47 Å². The number of hydrogen-bond acceptors (Lipinski definition) is 4. The van der Waals surface area contributed by atoms with Crippen molar-refractivity contribution in [3.05, 3.63) is 58.3 Å². The maximum absolute atomic E-state index is 14.3. The molecule has 4 nitrogen and oxygen atoms in total. The van der Waals surface area contributed by atoms with E-state index in [2.05, 4.69) is 0 Å². The maximum Gasteiger partial charge on any atom is 0.368 e. The molecule has 178 valence electrons. The van der Waals surface area contributed by atoms with Gasteiger partial charge in [-0.1, -0.05) is 85.2 Å². The Bertz CT molecular complexity index is 1190. The van der Waals surface area contributed by atoms with Gasteiger partial charge in [-0.15, -0.1) is 0 Å². The van der Waals surface area contributed by atoms with Crippen molar-refractivity contribution in [1.29, 1.82) is 0 Å². The van der Waals surface area contributed by atoms with Gasteiger partial charge in [0.2, 0.25) is 0 Å². The third-order valence-electron chi connectivity index (χ3n) is 6.06. The molecule has 8 heteroatoms. The summed E-state index contributed by atoms with van der Waals surface area (Å²) in [7, 11) is -1.29. The van der Waals surface area contributed by atoms with Crippen LogP contribution in [0.15, 0.2) is 57.0 Å². The standard InChI is InChI=1S/C25H28Cl2O4S2/c1-15(2)32(13-19(26)17-9-7-11-21(29-5)23(17)32)25(28)31-33(16(3)4)14-20(27)18-10-8-12-22(30-6)24(18)33/h7-16H,1-6H3. The first-order valence-electron chi connectivity index (χ1n) is 10.6. The minimum Gasteiger partial charge on any atom is -0.496 e. The lowest BCUT2D eigenvalue weighted by Crippen LogP contribution is -2.24. The summed E-state index contributed by atoms with van der Waals surface area (Å²) in [6.07, 6.45) is 0. The Kier molecular flexibility index (Phi) is 6.51. The number of methoxy groups -OCH3 is 2. The van der Waals surface area contributed by atoms with Gasteiger partial charge in [0, 0.05) is 27.0 Å². The average Bonchev–Trinajstić information content (AvgIpc) is 3.27. The molecule has 0 aromatic heterocycles. The molecule has 0 radical (unpaired) electrons. The summed E-state index contributed by atoms with van der Waals surface area (Å²) in [6.45, 7) is 8.16. The fourth-order valence-electron chi connectivity index (χ4n) is 4.37. The van der Waals surface area contributed by atoms with Crippen molar-refractivity contribution in [2.75, 3.05) is 14.2 Å². The van der Waals surface area contributed by atoms with Crippen molar-refractivity contribution in [3.8, 4) is 11.5 Å². The summed E-state index contributed by atoms with van der Waals surface area (Å²) in [5.74, 6) is 1.31. The van der Waals surface area contributed by atoms with Crippen LogP contribution in [0.3, 0.4) is 0 Å². The van der Waals surface area contributed by atoms with Crippen LogP contribution in [-0.2, 0) is 4.18 Å². The van der Waals surface area contributed by atoms with E-state index in [-0.39, 0.29) is 15.8 Å². The van der Waals surface area contributed by atoms with Crippen LogP contribution in [-0.4, -0.2) is 30.0 Å². The second-order valence-electron chi connectivity index (χ2n) is 8.39.